The Bertz CT molecular complexity index is 903. The van der Waals surface area contributed by atoms with Crippen molar-refractivity contribution in [3.63, 3.8) is 0 Å². The largest absolute Gasteiger partial charge is 0.462 e. The molecule has 0 unspecified atom stereocenters. The van der Waals surface area contributed by atoms with E-state index in [0.29, 0.717) is 19.3 Å². The Labute approximate surface area is 374 Å². The molecule has 6 heteroatoms. The molecular weight excluding hydrogens is 745 g/mol. The third-order valence-corrected chi connectivity index (χ3v) is 12.3. The van der Waals surface area contributed by atoms with E-state index in [4.69, 9.17) is 14.2 Å². The summed E-state index contributed by atoms with van der Waals surface area (Å²) in [5.41, 5.74) is 0. The van der Waals surface area contributed by atoms with Gasteiger partial charge in [-0.1, -0.05) is 265 Å². The molecule has 60 heavy (non-hydrogen) atoms. The molecule has 6 nitrogen and oxygen atoms in total. The molecule has 0 aliphatic rings. The van der Waals surface area contributed by atoms with Crippen LogP contribution < -0.4 is 0 Å². The second kappa shape index (κ2) is 48.4. The highest BCUT2D eigenvalue weighted by Gasteiger charge is 2.19. The summed E-state index contributed by atoms with van der Waals surface area (Å²) in [5, 5.41) is 0. The minimum atomic E-state index is -0.759. The van der Waals surface area contributed by atoms with Crippen LogP contribution in [0.15, 0.2) is 0 Å². The van der Waals surface area contributed by atoms with Crippen LogP contribution >= 0.6 is 0 Å². The zero-order valence-corrected chi connectivity index (χ0v) is 40.9. The van der Waals surface area contributed by atoms with Crippen molar-refractivity contribution in [2.45, 2.75) is 310 Å². The molecular formula is C54H104O6. The molecule has 0 saturated carbocycles. The standard InChI is InChI=1S/C54H104O6/c1-5-7-9-11-13-14-15-16-24-27-30-34-38-42-46-53(56)59-49-51(48-58-52(55)45-41-37-32-12-10-8-6-2)60-54(57)47-43-39-35-31-28-25-22-20-18-17-19-21-23-26-29-33-36-40-44-50(3)4/h50-51H,5-49H2,1-4H3/t51-/m1/s1. The van der Waals surface area contributed by atoms with Gasteiger partial charge in [0, 0.05) is 19.3 Å². The molecule has 356 valence electrons. The molecule has 0 spiro atoms. The van der Waals surface area contributed by atoms with Gasteiger partial charge in [-0.2, -0.15) is 0 Å². The molecule has 0 saturated heterocycles. The molecule has 0 N–H and O–H groups in total. The number of unbranched alkanes of at least 4 members (excludes halogenated alkanes) is 36. The molecule has 0 fully saturated rings. The monoisotopic (exact) mass is 849 g/mol. The first-order valence-electron chi connectivity index (χ1n) is 26.9. The van der Waals surface area contributed by atoms with Crippen LogP contribution in [0.3, 0.4) is 0 Å². The highest BCUT2D eigenvalue weighted by Crippen LogP contribution is 2.17. The summed E-state index contributed by atoms with van der Waals surface area (Å²) in [6, 6.07) is 0. The maximum Gasteiger partial charge on any atom is 0.306 e. The number of hydrogen-bond donors (Lipinski definition) is 0. The maximum atomic E-state index is 12.8. The van der Waals surface area contributed by atoms with Crippen LogP contribution in [0.2, 0.25) is 0 Å². The Balaban J connectivity index is 4.14. The van der Waals surface area contributed by atoms with Crippen molar-refractivity contribution in [3.05, 3.63) is 0 Å². The van der Waals surface area contributed by atoms with Gasteiger partial charge in [0.2, 0.25) is 0 Å². The van der Waals surface area contributed by atoms with E-state index >= 15 is 0 Å². The van der Waals surface area contributed by atoms with Crippen LogP contribution in [0.5, 0.6) is 0 Å². The number of esters is 3. The van der Waals surface area contributed by atoms with Crippen LogP contribution in [0.25, 0.3) is 0 Å². The van der Waals surface area contributed by atoms with Crippen molar-refractivity contribution >= 4 is 17.9 Å². The van der Waals surface area contributed by atoms with E-state index in [2.05, 4.69) is 27.7 Å². The third kappa shape index (κ3) is 47.5. The van der Waals surface area contributed by atoms with Gasteiger partial charge >= 0.3 is 17.9 Å². The summed E-state index contributed by atoms with van der Waals surface area (Å²) in [6.45, 7) is 9.02. The van der Waals surface area contributed by atoms with E-state index in [1.807, 2.05) is 0 Å². The van der Waals surface area contributed by atoms with Crippen LogP contribution in [-0.4, -0.2) is 37.2 Å². The van der Waals surface area contributed by atoms with Crippen molar-refractivity contribution in [2.75, 3.05) is 13.2 Å². The second-order valence-electron chi connectivity index (χ2n) is 19.0. The first-order chi connectivity index (χ1) is 29.4. The van der Waals surface area contributed by atoms with Crippen molar-refractivity contribution < 1.29 is 28.6 Å². The first kappa shape index (κ1) is 58.4. The van der Waals surface area contributed by atoms with E-state index in [1.54, 1.807) is 0 Å². The van der Waals surface area contributed by atoms with Crippen LogP contribution in [0.1, 0.15) is 304 Å². The maximum absolute atomic E-state index is 12.8. The van der Waals surface area contributed by atoms with E-state index in [1.165, 1.54) is 199 Å². The fraction of sp³-hybridized carbons (Fsp3) is 0.944. The Morgan fingerprint density at radius 1 is 0.317 bits per heavy atom. The Morgan fingerprint density at radius 2 is 0.550 bits per heavy atom. The summed E-state index contributed by atoms with van der Waals surface area (Å²) in [4.78, 5) is 37.8. The van der Waals surface area contributed by atoms with Gasteiger partial charge in [-0.15, -0.1) is 0 Å². The van der Waals surface area contributed by atoms with E-state index < -0.39 is 6.10 Å². The predicted octanol–water partition coefficient (Wildman–Crippen LogP) is 17.5. The number of carbonyl (C=O) groups excluding carboxylic acids is 3. The highest BCUT2D eigenvalue weighted by molar-refractivity contribution is 5.71. The summed E-state index contributed by atoms with van der Waals surface area (Å²) in [5.74, 6) is 0.00967. The van der Waals surface area contributed by atoms with Crippen molar-refractivity contribution in [1.82, 2.24) is 0 Å². The lowest BCUT2D eigenvalue weighted by Crippen LogP contribution is -2.30. The predicted molar refractivity (Wildman–Crippen MR) is 257 cm³/mol. The van der Waals surface area contributed by atoms with Crippen molar-refractivity contribution in [3.8, 4) is 0 Å². The molecule has 0 amide bonds. The molecule has 0 radical (unpaired) electrons. The highest BCUT2D eigenvalue weighted by atomic mass is 16.6. The molecule has 0 aliphatic heterocycles. The lowest BCUT2D eigenvalue weighted by atomic mass is 10.0. The minimum Gasteiger partial charge on any atom is -0.462 e. The zero-order chi connectivity index (χ0) is 43.8. The Hall–Kier alpha value is -1.59. The van der Waals surface area contributed by atoms with Crippen LogP contribution in [0, 0.1) is 5.92 Å². The first-order valence-corrected chi connectivity index (χ1v) is 26.9. The van der Waals surface area contributed by atoms with Gasteiger partial charge in [0.25, 0.3) is 0 Å². The summed E-state index contributed by atoms with van der Waals surface area (Å²) in [6.07, 6.45) is 51.1. The molecule has 1 atom stereocenters. The van der Waals surface area contributed by atoms with Crippen molar-refractivity contribution in [1.29, 1.82) is 0 Å². The third-order valence-electron chi connectivity index (χ3n) is 12.3. The molecule has 0 bridgehead atoms. The van der Waals surface area contributed by atoms with Gasteiger partial charge in [0.05, 0.1) is 0 Å². The number of hydrogen-bond acceptors (Lipinski definition) is 6. The quantitative estimate of drug-likeness (QED) is 0.0345. The summed E-state index contributed by atoms with van der Waals surface area (Å²) < 4.78 is 16.8. The van der Waals surface area contributed by atoms with Crippen LogP contribution in [-0.2, 0) is 28.6 Å². The normalized spacial score (nSPS) is 11.9. The molecule has 0 aromatic rings. The number of ether oxygens (including phenoxy) is 3. The van der Waals surface area contributed by atoms with E-state index in [-0.39, 0.29) is 31.1 Å². The van der Waals surface area contributed by atoms with Crippen LogP contribution in [0.4, 0.5) is 0 Å². The van der Waals surface area contributed by atoms with Gasteiger partial charge in [0.15, 0.2) is 6.10 Å². The molecule has 0 aliphatic carbocycles. The zero-order valence-electron chi connectivity index (χ0n) is 40.9. The fourth-order valence-electron chi connectivity index (χ4n) is 8.22. The number of carbonyl (C=O) groups is 3. The Morgan fingerprint density at radius 3 is 0.817 bits per heavy atom. The fourth-order valence-corrected chi connectivity index (χ4v) is 8.22. The second-order valence-corrected chi connectivity index (χ2v) is 19.0. The SMILES string of the molecule is CCCCCCCCCCCCCCCCC(=O)OC[C@@H](COC(=O)CCCCCCCCC)OC(=O)CCCCCCCCCCCCCCCCCCCCC(C)C. The van der Waals surface area contributed by atoms with Crippen molar-refractivity contribution in [2.24, 2.45) is 5.92 Å². The van der Waals surface area contributed by atoms with Gasteiger partial charge in [0.1, 0.15) is 13.2 Å². The smallest absolute Gasteiger partial charge is 0.306 e. The van der Waals surface area contributed by atoms with Gasteiger partial charge in [-0.3, -0.25) is 14.4 Å². The van der Waals surface area contributed by atoms with E-state index in [0.717, 1.165) is 63.7 Å². The van der Waals surface area contributed by atoms with Gasteiger partial charge in [-0.05, 0) is 25.2 Å². The molecule has 0 heterocycles. The molecule has 0 aromatic heterocycles. The summed E-state index contributed by atoms with van der Waals surface area (Å²) >= 11 is 0. The lowest BCUT2D eigenvalue weighted by Gasteiger charge is -2.18. The topological polar surface area (TPSA) is 78.9 Å². The average Bonchev–Trinajstić information content (AvgIpc) is 3.23. The number of rotatable bonds is 49. The minimum absolute atomic E-state index is 0.0628. The summed E-state index contributed by atoms with van der Waals surface area (Å²) in [7, 11) is 0. The van der Waals surface area contributed by atoms with E-state index in [9.17, 15) is 14.4 Å². The lowest BCUT2D eigenvalue weighted by molar-refractivity contribution is -0.167. The molecule has 0 aromatic carbocycles. The van der Waals surface area contributed by atoms with Gasteiger partial charge < -0.3 is 14.2 Å². The van der Waals surface area contributed by atoms with Gasteiger partial charge in [-0.25, -0.2) is 0 Å². The molecule has 0 rings (SSSR count). The average molecular weight is 849 g/mol. The Kier molecular flexibility index (Phi) is 47.2.